The van der Waals surface area contributed by atoms with Crippen LogP contribution in [0.25, 0.3) is 21.9 Å². The Labute approximate surface area is 264 Å². The van der Waals surface area contributed by atoms with Crippen molar-refractivity contribution < 1.29 is 8.39 Å². The molecular formula is C40H48NO2P. The summed E-state index contributed by atoms with van der Waals surface area (Å²) in [6.45, 7) is 18.4. The maximum absolute atomic E-state index is 7.01. The van der Waals surface area contributed by atoms with Crippen molar-refractivity contribution in [3.8, 4) is 0 Å². The predicted molar refractivity (Wildman–Crippen MR) is 188 cm³/mol. The van der Waals surface area contributed by atoms with Crippen molar-refractivity contribution in [2.24, 2.45) is 0 Å². The fourth-order valence-corrected chi connectivity index (χ4v) is 8.44. The Hall–Kier alpha value is -3.26. The number of benzene rings is 4. The van der Waals surface area contributed by atoms with Gasteiger partial charge in [0.25, 0.3) is 0 Å². The summed E-state index contributed by atoms with van der Waals surface area (Å²) >= 11 is 0. The molecule has 1 fully saturated rings. The summed E-state index contributed by atoms with van der Waals surface area (Å²) in [7, 11) is -1.47. The van der Waals surface area contributed by atoms with Gasteiger partial charge in [-0.1, -0.05) is 128 Å². The largest absolute Gasteiger partial charge is 0.408 e. The molecular weight excluding hydrogens is 557 g/mol. The number of para-hydroxylation sites is 2. The van der Waals surface area contributed by atoms with Crippen molar-refractivity contribution in [2.75, 3.05) is 4.67 Å². The summed E-state index contributed by atoms with van der Waals surface area (Å²) in [6, 6.07) is 31.8. The van der Waals surface area contributed by atoms with Crippen LogP contribution in [0.15, 0.2) is 93.3 Å². The lowest BCUT2D eigenvalue weighted by molar-refractivity contribution is 0.593. The summed E-state index contributed by atoms with van der Waals surface area (Å²) in [6.07, 6.45) is 2.11. The fourth-order valence-electron chi connectivity index (χ4n) is 6.61. The van der Waals surface area contributed by atoms with E-state index < -0.39 is 8.16 Å². The summed E-state index contributed by atoms with van der Waals surface area (Å²) in [5.74, 6) is 1.85. The summed E-state index contributed by atoms with van der Waals surface area (Å²) < 4.78 is 16.6. The quantitative estimate of drug-likeness (QED) is 0.185. The zero-order valence-corrected chi connectivity index (χ0v) is 28.6. The molecule has 2 unspecified atom stereocenters. The molecule has 6 rings (SSSR count). The van der Waals surface area contributed by atoms with E-state index in [0.717, 1.165) is 34.8 Å². The second-order valence-corrected chi connectivity index (χ2v) is 15.2. The first-order chi connectivity index (χ1) is 21.1. The standard InChI is InChI=1S/C40H48NO2P/c1-25(2)29-19-30(26(3)4)22-33(21-29)37-17-18-38(34-23-31(27(5)6)20-32(24-34)28(7)8)41(37)44-42-39-15-11-9-13-35(39)36-14-10-12-16-40(36)43-44/h9-16,19-28,37-38H,17-18H2,1-8H3. The van der Waals surface area contributed by atoms with E-state index in [1.165, 1.54) is 33.4 Å². The molecule has 1 saturated heterocycles. The van der Waals surface area contributed by atoms with E-state index in [-0.39, 0.29) is 12.1 Å². The molecule has 0 saturated carbocycles. The first-order valence-corrected chi connectivity index (χ1v) is 17.7. The fraction of sp³-hybridized carbons (Fsp3) is 0.400. The Balaban J connectivity index is 1.62. The van der Waals surface area contributed by atoms with Crippen LogP contribution < -0.4 is 4.67 Å². The molecule has 0 bridgehead atoms. The Kier molecular flexibility index (Phi) is 8.82. The summed E-state index contributed by atoms with van der Waals surface area (Å²) in [5, 5.41) is 2.18. The van der Waals surface area contributed by atoms with E-state index in [0.29, 0.717) is 23.7 Å². The third kappa shape index (κ3) is 6.02. The van der Waals surface area contributed by atoms with E-state index >= 15 is 0 Å². The summed E-state index contributed by atoms with van der Waals surface area (Å²) in [4.78, 5) is 0. The highest BCUT2D eigenvalue weighted by molar-refractivity contribution is 7.39. The third-order valence-corrected chi connectivity index (χ3v) is 11.0. The van der Waals surface area contributed by atoms with Crippen LogP contribution in [0.2, 0.25) is 0 Å². The predicted octanol–water partition coefficient (Wildman–Crippen LogP) is 13.0. The van der Waals surface area contributed by atoms with Gasteiger partial charge in [0, 0.05) is 22.9 Å². The molecule has 1 aromatic heterocycles. The molecule has 4 heteroatoms. The van der Waals surface area contributed by atoms with Crippen molar-refractivity contribution in [1.29, 1.82) is 0 Å². The highest BCUT2D eigenvalue weighted by Crippen LogP contribution is 2.54. The van der Waals surface area contributed by atoms with Crippen LogP contribution in [0.4, 0.5) is 0 Å². The number of fused-ring (bicyclic) bond motifs is 3. The molecule has 230 valence electrons. The lowest BCUT2D eigenvalue weighted by Gasteiger charge is -2.29. The van der Waals surface area contributed by atoms with Crippen LogP contribution in [-0.2, 0) is 0 Å². The molecule has 0 spiro atoms. The Morgan fingerprint density at radius 2 is 0.864 bits per heavy atom. The Morgan fingerprint density at radius 1 is 0.523 bits per heavy atom. The second-order valence-electron chi connectivity index (χ2n) is 13.9. The minimum absolute atomic E-state index is 0.185. The smallest absolute Gasteiger partial charge is 0.310 e. The molecule has 0 aliphatic carbocycles. The molecule has 44 heavy (non-hydrogen) atoms. The van der Waals surface area contributed by atoms with Gasteiger partial charge in [0.05, 0.1) is 0 Å². The molecule has 1 aliphatic heterocycles. The summed E-state index contributed by atoms with van der Waals surface area (Å²) in [5.41, 5.74) is 10.2. The molecule has 0 N–H and O–H groups in total. The minimum Gasteiger partial charge on any atom is -0.408 e. The van der Waals surface area contributed by atoms with Gasteiger partial charge in [-0.3, -0.25) is 0 Å². The average Bonchev–Trinajstić information content (AvgIpc) is 3.39. The van der Waals surface area contributed by atoms with Crippen LogP contribution in [0.3, 0.4) is 0 Å². The molecule has 2 heterocycles. The number of nitrogens with zero attached hydrogens (tertiary/aromatic N) is 1. The van der Waals surface area contributed by atoms with Crippen molar-refractivity contribution in [3.63, 3.8) is 0 Å². The van der Waals surface area contributed by atoms with Crippen molar-refractivity contribution >= 4 is 30.1 Å². The van der Waals surface area contributed by atoms with Crippen molar-refractivity contribution in [3.05, 3.63) is 118 Å². The van der Waals surface area contributed by atoms with Crippen LogP contribution in [0, 0.1) is 0 Å². The zero-order chi connectivity index (χ0) is 31.1. The van der Waals surface area contributed by atoms with Gasteiger partial charge in [-0.25, -0.2) is 0 Å². The lowest BCUT2D eigenvalue weighted by atomic mass is 9.90. The number of rotatable bonds is 7. The van der Waals surface area contributed by atoms with Gasteiger partial charge in [-0.2, -0.15) is 4.67 Å². The lowest BCUT2D eigenvalue weighted by Crippen LogP contribution is -2.23. The minimum atomic E-state index is -1.47. The van der Waals surface area contributed by atoms with E-state index in [2.05, 4.69) is 145 Å². The van der Waals surface area contributed by atoms with Crippen LogP contribution >= 0.6 is 8.16 Å². The molecule has 4 aromatic carbocycles. The maximum atomic E-state index is 7.01. The van der Waals surface area contributed by atoms with Gasteiger partial charge >= 0.3 is 8.16 Å². The van der Waals surface area contributed by atoms with Crippen LogP contribution in [-0.4, -0.2) is 0 Å². The SMILES string of the molecule is CC(C)c1cc(C(C)C)cc(C2CCC(c3cc(C(C)C)cc(C(C)C)c3)N2p2oc3ccccc3c3ccccc3o2)c1. The second kappa shape index (κ2) is 12.6. The first-order valence-electron chi connectivity index (χ1n) is 16.5. The Morgan fingerprint density at radius 3 is 1.20 bits per heavy atom. The van der Waals surface area contributed by atoms with E-state index in [9.17, 15) is 0 Å². The Bertz CT molecular complexity index is 1630. The molecule has 3 nitrogen and oxygen atoms in total. The maximum Gasteiger partial charge on any atom is 0.310 e. The normalized spacial score (nSPS) is 17.6. The highest BCUT2D eigenvalue weighted by Gasteiger charge is 2.40. The van der Waals surface area contributed by atoms with Gasteiger partial charge in [-0.05, 0) is 82.0 Å². The van der Waals surface area contributed by atoms with Gasteiger partial charge < -0.3 is 8.39 Å². The topological polar surface area (TPSA) is 29.5 Å². The molecule has 5 aromatic rings. The molecule has 2 atom stereocenters. The third-order valence-electron chi connectivity index (χ3n) is 9.39. The zero-order valence-electron chi connectivity index (χ0n) is 27.7. The van der Waals surface area contributed by atoms with E-state index in [1.54, 1.807) is 0 Å². The van der Waals surface area contributed by atoms with Gasteiger partial charge in [0.15, 0.2) is 0 Å². The van der Waals surface area contributed by atoms with Crippen molar-refractivity contribution in [1.82, 2.24) is 0 Å². The molecule has 1 aliphatic rings. The molecule has 0 amide bonds. The van der Waals surface area contributed by atoms with Gasteiger partial charge in [0.2, 0.25) is 0 Å². The van der Waals surface area contributed by atoms with E-state index in [4.69, 9.17) is 8.39 Å². The average molecular weight is 606 g/mol. The molecule has 0 radical (unpaired) electrons. The van der Waals surface area contributed by atoms with E-state index in [1.807, 2.05) is 0 Å². The van der Waals surface area contributed by atoms with Crippen LogP contribution in [0.5, 0.6) is 0 Å². The van der Waals surface area contributed by atoms with Crippen molar-refractivity contribution in [2.45, 2.75) is 104 Å². The van der Waals surface area contributed by atoms with Gasteiger partial charge in [-0.15, -0.1) is 0 Å². The monoisotopic (exact) mass is 605 g/mol. The first kappa shape index (κ1) is 30.8. The van der Waals surface area contributed by atoms with Gasteiger partial charge in [0.1, 0.15) is 11.2 Å². The van der Waals surface area contributed by atoms with Crippen LogP contribution in [0.1, 0.15) is 137 Å². The number of hydrogen-bond acceptors (Lipinski definition) is 3. The highest BCUT2D eigenvalue weighted by atomic mass is 31.1. The number of hydrogen-bond donors (Lipinski definition) is 0.